The maximum Gasteiger partial charge on any atom is 0.328 e. The van der Waals surface area contributed by atoms with E-state index in [2.05, 4.69) is 0 Å². The van der Waals surface area contributed by atoms with E-state index < -0.39 is 23.2 Å². The summed E-state index contributed by atoms with van der Waals surface area (Å²) in [5.41, 5.74) is 0.0197. The summed E-state index contributed by atoms with van der Waals surface area (Å²) in [5, 5.41) is 8.85. The van der Waals surface area contributed by atoms with Crippen LogP contribution in [0.3, 0.4) is 0 Å². The molecule has 2 aromatic rings. The van der Waals surface area contributed by atoms with E-state index in [0.29, 0.717) is 37.8 Å². The number of benzene rings is 2. The van der Waals surface area contributed by atoms with Gasteiger partial charge in [-0.25, -0.2) is 4.79 Å². The van der Waals surface area contributed by atoms with Crippen LogP contribution in [0.5, 0.6) is 0 Å². The van der Waals surface area contributed by atoms with E-state index in [1.165, 1.54) is 12.0 Å². The average Bonchev–Trinajstić information content (AvgIpc) is 3.21. The van der Waals surface area contributed by atoms with Gasteiger partial charge in [0.25, 0.3) is 0 Å². The predicted octanol–water partition coefficient (Wildman–Crippen LogP) is 4.33. The van der Waals surface area contributed by atoms with Gasteiger partial charge < -0.3 is 15.0 Å². The predicted molar refractivity (Wildman–Crippen MR) is 127 cm³/mol. The van der Waals surface area contributed by atoms with Crippen LogP contribution < -0.4 is 0 Å². The SMILES string of the molecule is CCC(C)[C@@]1(C(=N)C(=O)c2ccccc2)CCN([C@@H](CCc2ccccc2)C(=O)OC)C1=O. The Morgan fingerprint density at radius 2 is 1.70 bits per heavy atom. The number of hydrogen-bond acceptors (Lipinski definition) is 5. The highest BCUT2D eigenvalue weighted by atomic mass is 16.5. The summed E-state index contributed by atoms with van der Waals surface area (Å²) < 4.78 is 5.04. The Bertz CT molecular complexity index is 1010. The number of ether oxygens (including phenoxy) is 1. The van der Waals surface area contributed by atoms with Crippen molar-refractivity contribution in [1.29, 1.82) is 5.41 Å². The van der Waals surface area contributed by atoms with Crippen LogP contribution in [0.15, 0.2) is 60.7 Å². The number of carbonyl (C=O) groups is 3. The molecule has 174 valence electrons. The molecule has 0 bridgehead atoms. The number of aryl methyl sites for hydroxylation is 1. The van der Waals surface area contributed by atoms with E-state index in [0.717, 1.165) is 5.56 Å². The lowest BCUT2D eigenvalue weighted by atomic mass is 9.68. The monoisotopic (exact) mass is 448 g/mol. The molecule has 2 aromatic carbocycles. The summed E-state index contributed by atoms with van der Waals surface area (Å²) in [5.74, 6) is -1.46. The van der Waals surface area contributed by atoms with Gasteiger partial charge in [-0.1, -0.05) is 80.9 Å². The van der Waals surface area contributed by atoms with E-state index in [1.807, 2.05) is 44.2 Å². The number of esters is 1. The van der Waals surface area contributed by atoms with Crippen LogP contribution in [-0.4, -0.2) is 48.0 Å². The lowest BCUT2D eigenvalue weighted by molar-refractivity contribution is -0.153. The first kappa shape index (κ1) is 24.4. The van der Waals surface area contributed by atoms with Gasteiger partial charge in [-0.05, 0) is 30.7 Å². The standard InChI is InChI=1S/C27H32N2O4/c1-4-19(2)27(24(28)23(30)21-13-9-6-10-14-21)17-18-29(26(27)32)22(25(31)33-3)16-15-20-11-7-5-8-12-20/h5-14,19,22,28H,4,15-18H2,1-3H3/t19?,22-,27+/m0/s1. The summed E-state index contributed by atoms with van der Waals surface area (Å²) in [4.78, 5) is 41.3. The van der Waals surface area contributed by atoms with Gasteiger partial charge in [-0.15, -0.1) is 0 Å². The van der Waals surface area contributed by atoms with Crippen LogP contribution in [-0.2, 0) is 20.7 Å². The minimum absolute atomic E-state index is 0.192. The van der Waals surface area contributed by atoms with Crippen LogP contribution in [0, 0.1) is 16.7 Å². The molecule has 33 heavy (non-hydrogen) atoms. The Balaban J connectivity index is 1.91. The van der Waals surface area contributed by atoms with E-state index in [1.54, 1.807) is 30.3 Å². The Morgan fingerprint density at radius 3 is 2.27 bits per heavy atom. The van der Waals surface area contributed by atoms with Crippen molar-refractivity contribution < 1.29 is 19.1 Å². The van der Waals surface area contributed by atoms with Gasteiger partial charge in [0.05, 0.1) is 18.2 Å². The fraction of sp³-hybridized carbons (Fsp3) is 0.407. The van der Waals surface area contributed by atoms with Crippen molar-refractivity contribution in [2.24, 2.45) is 11.3 Å². The fourth-order valence-electron chi connectivity index (χ4n) is 4.76. The molecule has 1 heterocycles. The number of carbonyl (C=O) groups excluding carboxylic acids is 3. The quantitative estimate of drug-likeness (QED) is 0.333. The molecule has 0 saturated carbocycles. The van der Waals surface area contributed by atoms with Crippen molar-refractivity contribution in [2.45, 2.75) is 45.6 Å². The highest BCUT2D eigenvalue weighted by Crippen LogP contribution is 2.43. The fourth-order valence-corrected chi connectivity index (χ4v) is 4.76. The molecule has 0 aromatic heterocycles. The summed E-state index contributed by atoms with van der Waals surface area (Å²) in [7, 11) is 1.32. The molecule has 3 atom stereocenters. The summed E-state index contributed by atoms with van der Waals surface area (Å²) in [6.07, 6.45) is 1.99. The van der Waals surface area contributed by atoms with E-state index >= 15 is 0 Å². The first-order chi connectivity index (χ1) is 15.9. The molecule has 6 heteroatoms. The molecule has 6 nitrogen and oxygen atoms in total. The van der Waals surface area contributed by atoms with Crippen molar-refractivity contribution in [2.75, 3.05) is 13.7 Å². The van der Waals surface area contributed by atoms with Crippen LogP contribution in [0.2, 0.25) is 0 Å². The summed E-state index contributed by atoms with van der Waals surface area (Å²) in [6.45, 7) is 4.17. The molecule has 1 aliphatic rings. The number of rotatable bonds is 10. The van der Waals surface area contributed by atoms with Crippen molar-refractivity contribution >= 4 is 23.4 Å². The van der Waals surface area contributed by atoms with Crippen molar-refractivity contribution in [1.82, 2.24) is 4.90 Å². The molecule has 1 unspecified atom stereocenters. The minimum Gasteiger partial charge on any atom is -0.467 e. The van der Waals surface area contributed by atoms with E-state index in [-0.39, 0.29) is 17.5 Å². The number of nitrogens with one attached hydrogen (secondary N) is 1. The smallest absolute Gasteiger partial charge is 0.328 e. The molecule has 0 spiro atoms. The average molecular weight is 449 g/mol. The number of Topliss-reactive ketones (excluding diaryl/α,β-unsaturated/α-hetero) is 1. The normalized spacial score (nSPS) is 19.7. The lowest BCUT2D eigenvalue weighted by Crippen LogP contribution is -2.51. The van der Waals surface area contributed by atoms with E-state index in [9.17, 15) is 14.4 Å². The van der Waals surface area contributed by atoms with Crippen LogP contribution in [0.25, 0.3) is 0 Å². The van der Waals surface area contributed by atoms with Gasteiger partial charge in [-0.3, -0.25) is 9.59 Å². The highest BCUT2D eigenvalue weighted by molar-refractivity contribution is 6.49. The van der Waals surface area contributed by atoms with Crippen molar-refractivity contribution in [3.63, 3.8) is 0 Å². The molecule has 0 radical (unpaired) electrons. The zero-order chi connectivity index (χ0) is 24.0. The summed E-state index contributed by atoms with van der Waals surface area (Å²) in [6, 6.07) is 17.6. The number of nitrogens with zero attached hydrogens (tertiary/aromatic N) is 1. The molecule has 1 saturated heterocycles. The third kappa shape index (κ3) is 4.75. The second-order valence-corrected chi connectivity index (χ2v) is 8.66. The molecule has 1 fully saturated rings. The van der Waals surface area contributed by atoms with Gasteiger partial charge >= 0.3 is 5.97 Å². The van der Waals surface area contributed by atoms with Gasteiger partial charge in [0.15, 0.2) is 0 Å². The first-order valence-electron chi connectivity index (χ1n) is 11.5. The maximum atomic E-state index is 13.9. The molecular weight excluding hydrogens is 416 g/mol. The van der Waals surface area contributed by atoms with Gasteiger partial charge in [0.2, 0.25) is 11.7 Å². The molecule has 1 amide bonds. The second-order valence-electron chi connectivity index (χ2n) is 8.66. The zero-order valence-corrected chi connectivity index (χ0v) is 19.5. The third-order valence-electron chi connectivity index (χ3n) is 6.95. The van der Waals surface area contributed by atoms with Crippen LogP contribution >= 0.6 is 0 Å². The van der Waals surface area contributed by atoms with E-state index in [4.69, 9.17) is 10.1 Å². The van der Waals surface area contributed by atoms with Crippen molar-refractivity contribution in [3.05, 3.63) is 71.8 Å². The number of ketones is 1. The van der Waals surface area contributed by atoms with Gasteiger partial charge in [0.1, 0.15) is 6.04 Å². The topological polar surface area (TPSA) is 87.5 Å². The number of hydrogen-bond donors (Lipinski definition) is 1. The zero-order valence-electron chi connectivity index (χ0n) is 19.5. The summed E-state index contributed by atoms with van der Waals surface area (Å²) >= 11 is 0. The Kier molecular flexibility index (Phi) is 7.79. The number of likely N-dealkylation sites (tertiary alicyclic amines) is 1. The maximum absolute atomic E-state index is 13.9. The first-order valence-corrected chi connectivity index (χ1v) is 11.5. The second kappa shape index (κ2) is 10.6. The lowest BCUT2D eigenvalue weighted by Gasteiger charge is -2.34. The minimum atomic E-state index is -1.25. The molecular formula is C27H32N2O4. The Labute approximate surface area is 195 Å². The van der Waals surface area contributed by atoms with Crippen molar-refractivity contribution in [3.8, 4) is 0 Å². The Morgan fingerprint density at radius 1 is 1.09 bits per heavy atom. The molecule has 1 N–H and O–H groups in total. The van der Waals surface area contributed by atoms with Gasteiger partial charge in [-0.2, -0.15) is 0 Å². The largest absolute Gasteiger partial charge is 0.467 e. The molecule has 1 aliphatic heterocycles. The highest BCUT2D eigenvalue weighted by Gasteiger charge is 2.56. The number of methoxy groups -OCH3 is 1. The molecule has 3 rings (SSSR count). The van der Waals surface area contributed by atoms with Crippen LogP contribution in [0.4, 0.5) is 0 Å². The Hall–Kier alpha value is -3.28. The number of amides is 1. The van der Waals surface area contributed by atoms with Gasteiger partial charge in [0, 0.05) is 12.1 Å². The van der Waals surface area contributed by atoms with Crippen LogP contribution in [0.1, 0.15) is 49.0 Å². The third-order valence-corrected chi connectivity index (χ3v) is 6.95. The molecule has 0 aliphatic carbocycles.